The fourth-order valence-electron chi connectivity index (χ4n) is 5.62. The lowest BCUT2D eigenvalue weighted by Crippen LogP contribution is -2.51. The number of aromatic nitrogens is 3. The number of hydrogen-bond acceptors (Lipinski definition) is 7. The van der Waals surface area contributed by atoms with Crippen LogP contribution < -0.4 is 15.0 Å². The van der Waals surface area contributed by atoms with Crippen LogP contribution in [0.5, 0.6) is 11.8 Å². The average Bonchev–Trinajstić information content (AvgIpc) is 3.25. The van der Waals surface area contributed by atoms with E-state index in [1.807, 2.05) is 0 Å². The van der Waals surface area contributed by atoms with Crippen molar-refractivity contribution < 1.29 is 18.6 Å². The molecule has 0 amide bonds. The standard InChI is InChI=1S/C30H29F2N5O2/c1-4-21-24(31)8-5-17-11-20(38)12-22(25(17)21)27-26(32)28-23(13-33-27)29(36-30(35-28)39-10-9-16(2)3)37-14-18-6-7-19(15-37)34-18/h1,5,8,11-13,16,18-19,34,38H,6-7,9-10,14-15H2,2-3H3. The molecule has 0 spiro atoms. The van der Waals surface area contributed by atoms with E-state index < -0.39 is 11.6 Å². The van der Waals surface area contributed by atoms with E-state index in [9.17, 15) is 9.50 Å². The Bertz CT molecular complexity index is 1620. The summed E-state index contributed by atoms with van der Waals surface area (Å²) in [7, 11) is 0. The van der Waals surface area contributed by atoms with Crippen molar-refractivity contribution in [1.29, 1.82) is 0 Å². The second-order valence-electron chi connectivity index (χ2n) is 10.7. The zero-order chi connectivity index (χ0) is 27.3. The lowest BCUT2D eigenvalue weighted by atomic mass is 9.96. The number of piperazine rings is 1. The molecule has 9 heteroatoms. The molecular weight excluding hydrogens is 500 g/mol. The van der Waals surface area contributed by atoms with Gasteiger partial charge in [0.25, 0.3) is 0 Å². The third kappa shape index (κ3) is 4.59. The number of ether oxygens (including phenoxy) is 1. The first kappa shape index (κ1) is 25.3. The minimum absolute atomic E-state index is 0.0267. The Kier molecular flexibility index (Phi) is 6.43. The molecule has 2 fully saturated rings. The average molecular weight is 530 g/mol. The molecule has 4 aromatic rings. The predicted molar refractivity (Wildman–Crippen MR) is 147 cm³/mol. The highest BCUT2D eigenvalue weighted by Gasteiger charge is 2.34. The number of terminal acetylenes is 1. The van der Waals surface area contributed by atoms with Gasteiger partial charge in [-0.1, -0.05) is 25.8 Å². The summed E-state index contributed by atoms with van der Waals surface area (Å²) in [5.74, 6) is 1.91. The highest BCUT2D eigenvalue weighted by molar-refractivity contribution is 6.03. The number of nitrogens with one attached hydrogen (secondary N) is 1. The van der Waals surface area contributed by atoms with Crippen LogP contribution in [0.1, 0.15) is 38.7 Å². The van der Waals surface area contributed by atoms with Gasteiger partial charge in [-0.25, -0.2) is 8.78 Å². The molecular formula is C30H29F2N5O2. The molecule has 0 saturated carbocycles. The van der Waals surface area contributed by atoms with E-state index in [1.165, 1.54) is 30.5 Å². The molecule has 2 saturated heterocycles. The predicted octanol–water partition coefficient (Wildman–Crippen LogP) is 5.18. The number of rotatable bonds is 6. The molecule has 4 heterocycles. The van der Waals surface area contributed by atoms with Crippen molar-refractivity contribution in [3.8, 4) is 35.4 Å². The summed E-state index contributed by atoms with van der Waals surface area (Å²) < 4.78 is 37.0. The third-order valence-corrected chi connectivity index (χ3v) is 7.54. The van der Waals surface area contributed by atoms with Crippen molar-refractivity contribution in [3.63, 3.8) is 0 Å². The summed E-state index contributed by atoms with van der Waals surface area (Å²) >= 11 is 0. The summed E-state index contributed by atoms with van der Waals surface area (Å²) in [6.07, 6.45) is 10.1. The lowest BCUT2D eigenvalue weighted by Gasteiger charge is -2.34. The van der Waals surface area contributed by atoms with Gasteiger partial charge in [-0.2, -0.15) is 9.97 Å². The van der Waals surface area contributed by atoms with Gasteiger partial charge in [-0.05, 0) is 48.8 Å². The number of pyridine rings is 1. The van der Waals surface area contributed by atoms with Crippen LogP contribution in [0.3, 0.4) is 0 Å². The Labute approximate surface area is 225 Å². The van der Waals surface area contributed by atoms with Crippen LogP contribution in [0.15, 0.2) is 30.5 Å². The van der Waals surface area contributed by atoms with E-state index in [1.54, 1.807) is 0 Å². The van der Waals surface area contributed by atoms with Gasteiger partial charge in [0.2, 0.25) is 0 Å². The first-order valence-corrected chi connectivity index (χ1v) is 13.2. The zero-order valence-corrected chi connectivity index (χ0v) is 21.8. The number of phenolic OH excluding ortho intramolecular Hbond substituents is 1. The van der Waals surface area contributed by atoms with Crippen molar-refractivity contribution in [2.45, 2.75) is 45.2 Å². The molecule has 2 aromatic heterocycles. The molecule has 2 aliphatic rings. The molecule has 2 bridgehead atoms. The molecule has 7 nitrogen and oxygen atoms in total. The topological polar surface area (TPSA) is 83.4 Å². The fourth-order valence-corrected chi connectivity index (χ4v) is 5.62. The molecule has 2 aromatic carbocycles. The smallest absolute Gasteiger partial charge is 0.319 e. The molecule has 6 rings (SSSR count). The van der Waals surface area contributed by atoms with E-state index in [-0.39, 0.29) is 34.1 Å². The zero-order valence-electron chi connectivity index (χ0n) is 21.8. The van der Waals surface area contributed by atoms with Crippen LogP contribution in [-0.2, 0) is 0 Å². The number of halogens is 2. The van der Waals surface area contributed by atoms with Crippen LogP contribution in [0.25, 0.3) is 32.9 Å². The quantitative estimate of drug-likeness (QED) is 0.333. The van der Waals surface area contributed by atoms with E-state index in [2.05, 4.69) is 40.0 Å². The number of nitrogens with zero attached hydrogens (tertiary/aromatic N) is 4. The Balaban J connectivity index is 1.54. The minimum Gasteiger partial charge on any atom is -0.508 e. The highest BCUT2D eigenvalue weighted by atomic mass is 19.1. The van der Waals surface area contributed by atoms with Gasteiger partial charge in [-0.3, -0.25) is 4.98 Å². The third-order valence-electron chi connectivity index (χ3n) is 7.54. The molecule has 2 atom stereocenters. The van der Waals surface area contributed by atoms with Gasteiger partial charge in [0, 0.05) is 42.3 Å². The number of hydrogen-bond donors (Lipinski definition) is 2. The summed E-state index contributed by atoms with van der Waals surface area (Å²) in [5.41, 5.74) is 0.106. The van der Waals surface area contributed by atoms with Crippen molar-refractivity contribution >= 4 is 27.5 Å². The number of benzene rings is 2. The van der Waals surface area contributed by atoms with Crippen molar-refractivity contribution in [1.82, 2.24) is 20.3 Å². The number of anilines is 1. The maximum atomic E-state index is 16.4. The summed E-state index contributed by atoms with van der Waals surface area (Å²) in [6, 6.07) is 6.29. The van der Waals surface area contributed by atoms with E-state index in [0.29, 0.717) is 46.6 Å². The van der Waals surface area contributed by atoms with Gasteiger partial charge < -0.3 is 20.1 Å². The van der Waals surface area contributed by atoms with Crippen LogP contribution in [-0.4, -0.2) is 51.8 Å². The number of aromatic hydroxyl groups is 1. The summed E-state index contributed by atoms with van der Waals surface area (Å²) in [6.45, 7) is 6.06. The molecule has 200 valence electrons. The monoisotopic (exact) mass is 529 g/mol. The van der Waals surface area contributed by atoms with E-state index >= 15 is 4.39 Å². The van der Waals surface area contributed by atoms with Crippen molar-refractivity contribution in [2.75, 3.05) is 24.6 Å². The first-order chi connectivity index (χ1) is 18.8. The van der Waals surface area contributed by atoms with Crippen LogP contribution in [0.4, 0.5) is 14.6 Å². The second kappa shape index (κ2) is 9.93. The van der Waals surface area contributed by atoms with Crippen LogP contribution in [0, 0.1) is 29.9 Å². The van der Waals surface area contributed by atoms with Crippen LogP contribution >= 0.6 is 0 Å². The minimum atomic E-state index is -0.720. The lowest BCUT2D eigenvalue weighted by molar-refractivity contribution is 0.269. The maximum Gasteiger partial charge on any atom is 0.319 e. The van der Waals surface area contributed by atoms with Crippen molar-refractivity contribution in [2.24, 2.45) is 5.92 Å². The van der Waals surface area contributed by atoms with Gasteiger partial charge in [0.15, 0.2) is 5.82 Å². The SMILES string of the molecule is C#Cc1c(F)ccc2cc(O)cc(-c3ncc4c(N5CC6CCC(C5)N6)nc(OCCC(C)C)nc4c3F)c12. The fraction of sp³-hybridized carbons (Fsp3) is 0.367. The number of phenols is 1. The van der Waals surface area contributed by atoms with Crippen molar-refractivity contribution in [3.05, 3.63) is 47.7 Å². The Morgan fingerprint density at radius 3 is 2.67 bits per heavy atom. The molecule has 2 unspecified atom stereocenters. The molecule has 2 N–H and O–H groups in total. The molecule has 0 radical (unpaired) electrons. The second-order valence-corrected chi connectivity index (χ2v) is 10.7. The maximum absolute atomic E-state index is 16.4. The van der Waals surface area contributed by atoms with Crippen LogP contribution in [0.2, 0.25) is 0 Å². The number of fused-ring (bicyclic) bond motifs is 4. The summed E-state index contributed by atoms with van der Waals surface area (Å²) in [5, 5.41) is 15.2. The Hall–Kier alpha value is -4.03. The largest absolute Gasteiger partial charge is 0.508 e. The van der Waals surface area contributed by atoms with E-state index in [4.69, 9.17) is 16.1 Å². The molecule has 2 aliphatic heterocycles. The van der Waals surface area contributed by atoms with Gasteiger partial charge in [0.05, 0.1) is 17.6 Å². The normalized spacial score (nSPS) is 18.7. The van der Waals surface area contributed by atoms with Gasteiger partial charge in [0.1, 0.15) is 28.6 Å². The molecule has 0 aliphatic carbocycles. The highest BCUT2D eigenvalue weighted by Crippen LogP contribution is 2.39. The Morgan fingerprint density at radius 1 is 1.18 bits per heavy atom. The summed E-state index contributed by atoms with van der Waals surface area (Å²) in [4.78, 5) is 15.8. The van der Waals surface area contributed by atoms with E-state index in [0.717, 1.165) is 32.4 Å². The van der Waals surface area contributed by atoms with Gasteiger partial charge in [-0.15, -0.1) is 6.42 Å². The Morgan fingerprint density at radius 2 is 1.95 bits per heavy atom. The van der Waals surface area contributed by atoms with Gasteiger partial charge >= 0.3 is 6.01 Å². The first-order valence-electron chi connectivity index (χ1n) is 13.2. The molecule has 39 heavy (non-hydrogen) atoms.